The molecule has 0 radical (unpaired) electrons. The van der Waals surface area contributed by atoms with Crippen LogP contribution in [0.1, 0.15) is 12.5 Å². The molecule has 0 atom stereocenters. The van der Waals surface area contributed by atoms with Gasteiger partial charge in [0.2, 0.25) is 11.8 Å². The number of hydrogen-bond donors (Lipinski definition) is 2. The third kappa shape index (κ3) is 6.96. The number of amides is 2. The van der Waals surface area contributed by atoms with Crippen LogP contribution < -0.4 is 10.6 Å². The Kier molecular flexibility index (Phi) is 7.69. The normalized spacial score (nSPS) is 10.7. The van der Waals surface area contributed by atoms with Crippen molar-refractivity contribution in [2.24, 2.45) is 0 Å². The van der Waals surface area contributed by atoms with Crippen LogP contribution in [0.2, 0.25) is 5.02 Å². The zero-order chi connectivity index (χ0) is 19.8. The number of carbonyl (C=O) groups is 2. The molecule has 0 bridgehead atoms. The van der Waals surface area contributed by atoms with Crippen LogP contribution in [0.25, 0.3) is 0 Å². The second-order valence-electron chi connectivity index (χ2n) is 5.88. The van der Waals surface area contributed by atoms with E-state index in [9.17, 15) is 18.4 Å². The van der Waals surface area contributed by atoms with Crippen molar-refractivity contribution in [1.29, 1.82) is 0 Å². The van der Waals surface area contributed by atoms with E-state index < -0.39 is 17.5 Å². The van der Waals surface area contributed by atoms with Gasteiger partial charge in [-0.2, -0.15) is 0 Å². The van der Waals surface area contributed by atoms with Gasteiger partial charge in [-0.15, -0.1) is 0 Å². The molecule has 2 rings (SSSR count). The number of benzene rings is 2. The maximum Gasteiger partial charge on any atom is 0.238 e. The van der Waals surface area contributed by atoms with Gasteiger partial charge in [-0.1, -0.05) is 30.7 Å². The fraction of sp³-hybridized carbons (Fsp3) is 0.263. The molecule has 0 aromatic heterocycles. The van der Waals surface area contributed by atoms with Crippen LogP contribution in [-0.2, 0) is 16.1 Å². The van der Waals surface area contributed by atoms with Gasteiger partial charge in [0.1, 0.15) is 0 Å². The first-order valence-corrected chi connectivity index (χ1v) is 8.73. The first-order valence-electron chi connectivity index (χ1n) is 8.35. The number of nitrogens with zero attached hydrogens (tertiary/aromatic N) is 1. The second kappa shape index (κ2) is 9.99. The Labute approximate surface area is 161 Å². The third-order valence-electron chi connectivity index (χ3n) is 3.79. The van der Waals surface area contributed by atoms with Gasteiger partial charge in [0.15, 0.2) is 11.6 Å². The molecular weight excluding hydrogens is 376 g/mol. The predicted molar refractivity (Wildman–Crippen MR) is 100 cm³/mol. The molecule has 8 heteroatoms. The Bertz CT molecular complexity index is 800. The number of rotatable bonds is 8. The van der Waals surface area contributed by atoms with E-state index in [1.165, 1.54) is 6.07 Å². The molecule has 0 fully saturated rings. The van der Waals surface area contributed by atoms with Crippen molar-refractivity contribution in [2.75, 3.05) is 25.0 Å². The minimum absolute atomic E-state index is 0.0370. The highest BCUT2D eigenvalue weighted by atomic mass is 35.5. The number of likely N-dealkylation sites (N-methyl/N-ethyl adjacent to an activating group) is 1. The van der Waals surface area contributed by atoms with Crippen LogP contribution >= 0.6 is 11.6 Å². The highest BCUT2D eigenvalue weighted by Crippen LogP contribution is 2.13. The lowest BCUT2D eigenvalue weighted by Gasteiger charge is -2.19. The summed E-state index contributed by atoms with van der Waals surface area (Å²) in [6.45, 7) is 2.63. The summed E-state index contributed by atoms with van der Waals surface area (Å²) >= 11 is 5.81. The van der Waals surface area contributed by atoms with Crippen molar-refractivity contribution < 1.29 is 18.4 Å². The van der Waals surface area contributed by atoms with Crippen molar-refractivity contribution >= 4 is 29.1 Å². The van der Waals surface area contributed by atoms with Crippen molar-refractivity contribution in [2.45, 2.75) is 13.5 Å². The van der Waals surface area contributed by atoms with Crippen LogP contribution in [0.5, 0.6) is 0 Å². The molecule has 0 aliphatic heterocycles. The van der Waals surface area contributed by atoms with Crippen molar-refractivity contribution in [3.63, 3.8) is 0 Å². The molecule has 2 N–H and O–H groups in total. The quantitative estimate of drug-likeness (QED) is 0.721. The highest BCUT2D eigenvalue weighted by Gasteiger charge is 2.14. The number of anilines is 1. The van der Waals surface area contributed by atoms with E-state index in [0.717, 1.165) is 17.7 Å². The first-order chi connectivity index (χ1) is 12.9. The lowest BCUT2D eigenvalue weighted by atomic mass is 10.2. The number of nitrogens with one attached hydrogen (secondary N) is 2. The van der Waals surface area contributed by atoms with E-state index in [1.807, 2.05) is 19.1 Å². The lowest BCUT2D eigenvalue weighted by Crippen LogP contribution is -2.40. The summed E-state index contributed by atoms with van der Waals surface area (Å²) in [7, 11) is 0. The Morgan fingerprint density at radius 3 is 2.30 bits per heavy atom. The van der Waals surface area contributed by atoms with Crippen molar-refractivity contribution in [3.05, 3.63) is 64.7 Å². The van der Waals surface area contributed by atoms with Gasteiger partial charge in [-0.25, -0.2) is 8.78 Å². The second-order valence-corrected chi connectivity index (χ2v) is 6.32. The van der Waals surface area contributed by atoms with E-state index in [-0.39, 0.29) is 24.7 Å². The van der Waals surface area contributed by atoms with Gasteiger partial charge in [0, 0.05) is 23.3 Å². The average Bonchev–Trinajstić information content (AvgIpc) is 2.63. The SMILES string of the molecule is CCN(CC(=O)NCc1ccc(Cl)cc1)CC(=O)Nc1ccc(F)c(F)c1. The first kappa shape index (κ1) is 20.8. The Morgan fingerprint density at radius 1 is 1.00 bits per heavy atom. The Morgan fingerprint density at radius 2 is 1.67 bits per heavy atom. The van der Waals surface area contributed by atoms with E-state index in [0.29, 0.717) is 18.1 Å². The Hall–Kier alpha value is -2.51. The van der Waals surface area contributed by atoms with Crippen LogP contribution in [0.4, 0.5) is 14.5 Å². The van der Waals surface area contributed by atoms with Crippen molar-refractivity contribution in [1.82, 2.24) is 10.2 Å². The smallest absolute Gasteiger partial charge is 0.238 e. The third-order valence-corrected chi connectivity index (χ3v) is 4.04. The highest BCUT2D eigenvalue weighted by molar-refractivity contribution is 6.30. The molecule has 0 saturated carbocycles. The van der Waals surface area contributed by atoms with Gasteiger partial charge in [-0.3, -0.25) is 14.5 Å². The minimum Gasteiger partial charge on any atom is -0.351 e. The molecule has 0 unspecified atom stereocenters. The number of halogens is 3. The summed E-state index contributed by atoms with van der Waals surface area (Å²) in [5.74, 6) is -2.68. The fourth-order valence-electron chi connectivity index (χ4n) is 2.32. The maximum absolute atomic E-state index is 13.2. The van der Waals surface area contributed by atoms with E-state index in [2.05, 4.69) is 10.6 Å². The van der Waals surface area contributed by atoms with Gasteiger partial charge in [-0.05, 0) is 36.4 Å². The molecule has 0 saturated heterocycles. The molecule has 27 heavy (non-hydrogen) atoms. The summed E-state index contributed by atoms with van der Waals surface area (Å²) in [4.78, 5) is 25.8. The van der Waals surface area contributed by atoms with E-state index in [1.54, 1.807) is 17.0 Å². The lowest BCUT2D eigenvalue weighted by molar-refractivity contribution is -0.123. The average molecular weight is 396 g/mol. The number of carbonyl (C=O) groups excluding carboxylic acids is 2. The van der Waals surface area contributed by atoms with E-state index >= 15 is 0 Å². The maximum atomic E-state index is 13.2. The molecule has 5 nitrogen and oxygen atoms in total. The van der Waals surface area contributed by atoms with Gasteiger partial charge in [0.05, 0.1) is 13.1 Å². The summed E-state index contributed by atoms with van der Waals surface area (Å²) in [6.07, 6.45) is 0. The minimum atomic E-state index is -1.04. The predicted octanol–water partition coefficient (Wildman–Crippen LogP) is 3.20. The molecule has 0 heterocycles. The molecule has 2 amide bonds. The molecule has 0 aliphatic carbocycles. The summed E-state index contributed by atoms with van der Waals surface area (Å²) in [5.41, 5.74) is 1.06. The Balaban J connectivity index is 1.80. The summed E-state index contributed by atoms with van der Waals surface area (Å²) in [5, 5.41) is 5.87. The molecule has 2 aromatic carbocycles. The summed E-state index contributed by atoms with van der Waals surface area (Å²) in [6, 6.07) is 10.2. The van der Waals surface area contributed by atoms with Gasteiger partial charge < -0.3 is 10.6 Å². The molecular formula is C19H20ClF2N3O2. The van der Waals surface area contributed by atoms with Crippen LogP contribution in [-0.4, -0.2) is 36.3 Å². The van der Waals surface area contributed by atoms with Crippen LogP contribution in [0.3, 0.4) is 0 Å². The monoisotopic (exact) mass is 395 g/mol. The van der Waals surface area contributed by atoms with E-state index in [4.69, 9.17) is 11.6 Å². The molecule has 0 spiro atoms. The van der Waals surface area contributed by atoms with Crippen LogP contribution in [0, 0.1) is 11.6 Å². The molecule has 2 aromatic rings. The van der Waals surface area contributed by atoms with Gasteiger partial charge >= 0.3 is 0 Å². The fourth-order valence-corrected chi connectivity index (χ4v) is 2.44. The number of hydrogen-bond acceptors (Lipinski definition) is 3. The molecule has 0 aliphatic rings. The van der Waals surface area contributed by atoms with Crippen LogP contribution in [0.15, 0.2) is 42.5 Å². The standard InChI is InChI=1S/C19H20ClF2N3O2/c1-2-25(11-18(26)23-10-13-3-5-14(20)6-4-13)12-19(27)24-15-7-8-16(21)17(22)9-15/h3-9H,2,10-12H2,1H3,(H,23,26)(H,24,27). The largest absolute Gasteiger partial charge is 0.351 e. The summed E-state index contributed by atoms with van der Waals surface area (Å²) < 4.78 is 26.1. The van der Waals surface area contributed by atoms with Crippen molar-refractivity contribution in [3.8, 4) is 0 Å². The topological polar surface area (TPSA) is 61.4 Å². The van der Waals surface area contributed by atoms with Gasteiger partial charge in [0.25, 0.3) is 0 Å². The zero-order valence-corrected chi connectivity index (χ0v) is 15.5. The zero-order valence-electron chi connectivity index (χ0n) is 14.8. The molecule has 144 valence electrons.